The van der Waals surface area contributed by atoms with Gasteiger partial charge in [-0.05, 0) is 36.8 Å². The van der Waals surface area contributed by atoms with Crippen LogP contribution in [0.5, 0.6) is 0 Å². The van der Waals surface area contributed by atoms with Gasteiger partial charge in [0.2, 0.25) is 0 Å². The second-order valence-electron chi connectivity index (χ2n) is 4.45. The van der Waals surface area contributed by atoms with Crippen molar-refractivity contribution >= 4 is 11.9 Å². The SMILES string of the molecule is C[C@@H](NC(=O)c1ncccc1C(=O)O)c1cccc(F)c1. The van der Waals surface area contributed by atoms with Crippen molar-refractivity contribution < 1.29 is 19.1 Å². The number of carbonyl (C=O) groups excluding carboxylic acids is 1. The van der Waals surface area contributed by atoms with E-state index in [2.05, 4.69) is 10.3 Å². The van der Waals surface area contributed by atoms with E-state index >= 15 is 0 Å². The Morgan fingerprint density at radius 2 is 2.05 bits per heavy atom. The Balaban J connectivity index is 2.20. The number of rotatable bonds is 4. The molecule has 1 heterocycles. The fourth-order valence-corrected chi connectivity index (χ4v) is 1.88. The van der Waals surface area contributed by atoms with Crippen LogP contribution in [0.25, 0.3) is 0 Å². The lowest BCUT2D eigenvalue weighted by Crippen LogP contribution is -2.29. The van der Waals surface area contributed by atoms with Gasteiger partial charge in [-0.1, -0.05) is 12.1 Å². The molecule has 1 aromatic heterocycles. The summed E-state index contributed by atoms with van der Waals surface area (Å²) in [6.07, 6.45) is 1.34. The summed E-state index contributed by atoms with van der Waals surface area (Å²) in [5.41, 5.74) is 0.228. The third-order valence-corrected chi connectivity index (χ3v) is 2.95. The number of carbonyl (C=O) groups is 2. The van der Waals surface area contributed by atoms with Gasteiger partial charge in [-0.25, -0.2) is 9.18 Å². The summed E-state index contributed by atoms with van der Waals surface area (Å²) in [6.45, 7) is 1.68. The molecule has 108 valence electrons. The van der Waals surface area contributed by atoms with E-state index in [1.807, 2.05) is 0 Å². The molecular formula is C15H13FN2O3. The number of carboxylic acid groups (broad SMARTS) is 1. The van der Waals surface area contributed by atoms with Crippen molar-refractivity contribution in [3.05, 3.63) is 65.2 Å². The van der Waals surface area contributed by atoms with Gasteiger partial charge >= 0.3 is 5.97 Å². The lowest BCUT2D eigenvalue weighted by Gasteiger charge is -2.14. The summed E-state index contributed by atoms with van der Waals surface area (Å²) in [5, 5.41) is 11.6. The Labute approximate surface area is 120 Å². The van der Waals surface area contributed by atoms with E-state index in [-0.39, 0.29) is 11.3 Å². The number of nitrogens with zero attached hydrogens (tertiary/aromatic N) is 1. The van der Waals surface area contributed by atoms with Crippen LogP contribution in [0.2, 0.25) is 0 Å². The van der Waals surface area contributed by atoms with Gasteiger partial charge in [0.15, 0.2) is 0 Å². The van der Waals surface area contributed by atoms with Gasteiger partial charge in [-0.2, -0.15) is 0 Å². The number of benzene rings is 1. The molecule has 0 aliphatic carbocycles. The summed E-state index contributed by atoms with van der Waals surface area (Å²) in [4.78, 5) is 27.0. The van der Waals surface area contributed by atoms with Crippen molar-refractivity contribution in [2.75, 3.05) is 0 Å². The zero-order valence-corrected chi connectivity index (χ0v) is 11.2. The van der Waals surface area contributed by atoms with Gasteiger partial charge in [0, 0.05) is 6.20 Å². The molecule has 0 fully saturated rings. The number of hydrogen-bond acceptors (Lipinski definition) is 3. The first-order chi connectivity index (χ1) is 9.99. The van der Waals surface area contributed by atoms with E-state index < -0.39 is 23.7 Å². The molecule has 6 heteroatoms. The molecule has 0 spiro atoms. The molecule has 2 N–H and O–H groups in total. The highest BCUT2D eigenvalue weighted by molar-refractivity contribution is 6.03. The van der Waals surface area contributed by atoms with Crippen molar-refractivity contribution in [3.63, 3.8) is 0 Å². The van der Waals surface area contributed by atoms with Crippen LogP contribution in [0.1, 0.15) is 39.4 Å². The lowest BCUT2D eigenvalue weighted by atomic mass is 10.1. The van der Waals surface area contributed by atoms with Gasteiger partial charge in [-0.3, -0.25) is 9.78 Å². The van der Waals surface area contributed by atoms with E-state index in [1.54, 1.807) is 13.0 Å². The molecule has 0 aliphatic rings. The maximum atomic E-state index is 13.2. The predicted octanol–water partition coefficient (Wildman–Crippen LogP) is 2.41. The Morgan fingerprint density at radius 1 is 1.29 bits per heavy atom. The summed E-state index contributed by atoms with van der Waals surface area (Å²) in [5.74, 6) is -2.26. The highest BCUT2D eigenvalue weighted by Gasteiger charge is 2.19. The molecule has 0 unspecified atom stereocenters. The molecule has 1 aromatic carbocycles. The number of aromatic nitrogens is 1. The first kappa shape index (κ1) is 14.6. The minimum absolute atomic E-state index is 0.173. The normalized spacial score (nSPS) is 11.7. The molecule has 1 atom stereocenters. The van der Waals surface area contributed by atoms with Crippen LogP contribution in [-0.2, 0) is 0 Å². The van der Waals surface area contributed by atoms with Gasteiger partial charge < -0.3 is 10.4 Å². The van der Waals surface area contributed by atoms with Gasteiger partial charge in [0.1, 0.15) is 11.5 Å². The number of hydrogen-bond donors (Lipinski definition) is 2. The highest BCUT2D eigenvalue weighted by Crippen LogP contribution is 2.15. The molecule has 5 nitrogen and oxygen atoms in total. The fraction of sp³-hybridized carbons (Fsp3) is 0.133. The topological polar surface area (TPSA) is 79.3 Å². The smallest absolute Gasteiger partial charge is 0.338 e. The molecule has 0 radical (unpaired) electrons. The van der Waals surface area contributed by atoms with E-state index in [9.17, 15) is 14.0 Å². The molecule has 1 amide bonds. The van der Waals surface area contributed by atoms with Crippen molar-refractivity contribution in [2.24, 2.45) is 0 Å². The maximum absolute atomic E-state index is 13.2. The quantitative estimate of drug-likeness (QED) is 0.905. The van der Waals surface area contributed by atoms with Crippen LogP contribution < -0.4 is 5.32 Å². The van der Waals surface area contributed by atoms with Crippen LogP contribution >= 0.6 is 0 Å². The summed E-state index contributed by atoms with van der Waals surface area (Å²) in [7, 11) is 0. The van der Waals surface area contributed by atoms with Crippen molar-refractivity contribution in [1.29, 1.82) is 0 Å². The van der Waals surface area contributed by atoms with E-state index in [0.717, 1.165) is 0 Å². The highest BCUT2D eigenvalue weighted by atomic mass is 19.1. The Kier molecular flexibility index (Phi) is 4.27. The number of carboxylic acids is 1. The average molecular weight is 288 g/mol. The Morgan fingerprint density at radius 3 is 2.71 bits per heavy atom. The van der Waals surface area contributed by atoms with Crippen LogP contribution in [0, 0.1) is 5.82 Å². The number of pyridine rings is 1. The molecule has 0 saturated carbocycles. The van der Waals surface area contributed by atoms with Gasteiger partial charge in [-0.15, -0.1) is 0 Å². The first-order valence-corrected chi connectivity index (χ1v) is 6.23. The predicted molar refractivity (Wildman–Crippen MR) is 73.5 cm³/mol. The summed E-state index contributed by atoms with van der Waals surface area (Å²) < 4.78 is 13.2. The average Bonchev–Trinajstić information content (AvgIpc) is 2.47. The Bertz CT molecular complexity index is 688. The zero-order chi connectivity index (χ0) is 15.4. The third-order valence-electron chi connectivity index (χ3n) is 2.95. The third kappa shape index (κ3) is 3.42. The first-order valence-electron chi connectivity index (χ1n) is 6.23. The summed E-state index contributed by atoms with van der Waals surface area (Å²) in [6, 6.07) is 8.09. The number of halogens is 1. The van der Waals surface area contributed by atoms with Crippen LogP contribution in [0.15, 0.2) is 42.6 Å². The molecule has 2 aromatic rings. The molecule has 0 saturated heterocycles. The standard InChI is InChI=1S/C15H13FN2O3/c1-9(10-4-2-5-11(16)8-10)18-14(19)13-12(15(20)21)6-3-7-17-13/h2-9H,1H3,(H,18,19)(H,20,21)/t9-/m1/s1. The largest absolute Gasteiger partial charge is 0.478 e. The van der Waals surface area contributed by atoms with Gasteiger partial charge in [0.05, 0.1) is 11.6 Å². The molecule has 2 rings (SSSR count). The molecule has 0 bridgehead atoms. The number of amides is 1. The lowest BCUT2D eigenvalue weighted by molar-refractivity contribution is 0.0689. The minimum Gasteiger partial charge on any atom is -0.478 e. The molecular weight excluding hydrogens is 275 g/mol. The van der Waals surface area contributed by atoms with Crippen molar-refractivity contribution in [3.8, 4) is 0 Å². The van der Waals surface area contributed by atoms with Crippen LogP contribution in [0.3, 0.4) is 0 Å². The molecule has 21 heavy (non-hydrogen) atoms. The zero-order valence-electron chi connectivity index (χ0n) is 11.2. The van der Waals surface area contributed by atoms with E-state index in [4.69, 9.17) is 5.11 Å². The Hall–Kier alpha value is -2.76. The second-order valence-corrected chi connectivity index (χ2v) is 4.45. The van der Waals surface area contributed by atoms with Crippen LogP contribution in [0.4, 0.5) is 4.39 Å². The maximum Gasteiger partial charge on any atom is 0.338 e. The van der Waals surface area contributed by atoms with Crippen molar-refractivity contribution in [2.45, 2.75) is 13.0 Å². The monoisotopic (exact) mass is 288 g/mol. The fourth-order valence-electron chi connectivity index (χ4n) is 1.88. The van der Waals surface area contributed by atoms with Gasteiger partial charge in [0.25, 0.3) is 5.91 Å². The molecule has 0 aliphatic heterocycles. The second kappa shape index (κ2) is 6.13. The van der Waals surface area contributed by atoms with E-state index in [0.29, 0.717) is 5.56 Å². The minimum atomic E-state index is -1.23. The van der Waals surface area contributed by atoms with Crippen LogP contribution in [-0.4, -0.2) is 22.0 Å². The number of aromatic carboxylic acids is 1. The summed E-state index contributed by atoms with van der Waals surface area (Å²) >= 11 is 0. The van der Waals surface area contributed by atoms with E-state index in [1.165, 1.54) is 36.5 Å². The van der Waals surface area contributed by atoms with Crippen molar-refractivity contribution in [1.82, 2.24) is 10.3 Å². The number of nitrogens with one attached hydrogen (secondary N) is 1.